The zero-order valence-corrected chi connectivity index (χ0v) is 15.9. The molecule has 6 heteroatoms. The van der Waals surface area contributed by atoms with E-state index in [2.05, 4.69) is 36.7 Å². The first-order valence-corrected chi connectivity index (χ1v) is 8.63. The highest BCUT2D eigenvalue weighted by Gasteiger charge is 2.42. The summed E-state index contributed by atoms with van der Waals surface area (Å²) in [4.78, 5) is 36.5. The van der Waals surface area contributed by atoms with Crippen molar-refractivity contribution in [2.75, 3.05) is 11.4 Å². The molecule has 1 aliphatic heterocycles. The van der Waals surface area contributed by atoms with E-state index in [1.54, 1.807) is 13.0 Å². The third kappa shape index (κ3) is 3.24. The van der Waals surface area contributed by atoms with Gasteiger partial charge in [0.1, 0.15) is 12.6 Å². The third-order valence-electron chi connectivity index (χ3n) is 4.36. The monoisotopic (exact) mass is 395 g/mol. The Morgan fingerprint density at radius 1 is 1.38 bits per heavy atom. The quantitative estimate of drug-likeness (QED) is 0.771. The van der Waals surface area contributed by atoms with Gasteiger partial charge in [0.15, 0.2) is 0 Å². The molecule has 1 aromatic carbocycles. The molecule has 0 saturated carbocycles. The first kappa shape index (κ1) is 18.6. The first-order chi connectivity index (χ1) is 11.1. The summed E-state index contributed by atoms with van der Waals surface area (Å²) in [5.41, 5.74) is 2.37. The summed E-state index contributed by atoms with van der Waals surface area (Å²) in [7, 11) is 0. The number of halogens is 1. The number of hydrogen-bond acceptors (Lipinski definition) is 4. The second kappa shape index (κ2) is 6.67. The van der Waals surface area contributed by atoms with Crippen LogP contribution >= 0.6 is 15.9 Å². The van der Waals surface area contributed by atoms with Gasteiger partial charge >= 0.3 is 5.97 Å². The molecule has 1 heterocycles. The van der Waals surface area contributed by atoms with Gasteiger partial charge in [0.25, 0.3) is 0 Å². The maximum atomic E-state index is 11.8. The fraction of sp³-hybridized carbons (Fsp3) is 0.500. The molecule has 2 atom stereocenters. The minimum Gasteiger partial charge on any atom is -0.478 e. The van der Waals surface area contributed by atoms with Crippen LogP contribution in [0, 0.1) is 12.3 Å². The molecule has 0 saturated heterocycles. The minimum absolute atomic E-state index is 0.0621. The van der Waals surface area contributed by atoms with E-state index in [9.17, 15) is 19.5 Å². The molecule has 24 heavy (non-hydrogen) atoms. The summed E-state index contributed by atoms with van der Waals surface area (Å²) < 4.78 is 0.644. The second-order valence-corrected chi connectivity index (χ2v) is 8.28. The van der Waals surface area contributed by atoms with Gasteiger partial charge in [-0.15, -0.1) is 0 Å². The molecule has 130 valence electrons. The van der Waals surface area contributed by atoms with Gasteiger partial charge in [-0.05, 0) is 45.5 Å². The predicted molar refractivity (Wildman–Crippen MR) is 95.9 cm³/mol. The number of carbonyl (C=O) groups excluding carboxylic acids is 2. The lowest BCUT2D eigenvalue weighted by Crippen LogP contribution is -2.41. The van der Waals surface area contributed by atoms with Crippen molar-refractivity contribution in [1.82, 2.24) is 0 Å². The normalized spacial score (nSPS) is 20.0. The Kier molecular flexibility index (Phi) is 5.18. The van der Waals surface area contributed by atoms with Crippen LogP contribution in [0.2, 0.25) is 0 Å². The van der Waals surface area contributed by atoms with Crippen LogP contribution in [0.3, 0.4) is 0 Å². The number of hydrogen-bond donors (Lipinski definition) is 1. The van der Waals surface area contributed by atoms with Crippen molar-refractivity contribution < 1.29 is 19.5 Å². The van der Waals surface area contributed by atoms with Crippen molar-refractivity contribution in [3.63, 3.8) is 0 Å². The summed E-state index contributed by atoms with van der Waals surface area (Å²) in [6.45, 7) is 8.61. The molecule has 1 aromatic rings. The second-order valence-electron chi connectivity index (χ2n) is 7.42. The number of aldehydes is 2. The standard InChI is InChI=1S/C18H22BrNO4/c1-10-12(17(23)24)7-13(19)16-15(10)11(5-6-21)14(8-22)20(16)9-18(2,3)4/h6-8,11,14H,5,9H2,1-4H3,(H,23,24). The Balaban J connectivity index is 2.73. The fourth-order valence-electron chi connectivity index (χ4n) is 3.48. The lowest BCUT2D eigenvalue weighted by Gasteiger charge is -2.33. The molecule has 5 nitrogen and oxygen atoms in total. The van der Waals surface area contributed by atoms with Crippen LogP contribution in [0.5, 0.6) is 0 Å². The Hall–Kier alpha value is -1.69. The largest absolute Gasteiger partial charge is 0.478 e. The van der Waals surface area contributed by atoms with Crippen molar-refractivity contribution in [3.05, 3.63) is 27.2 Å². The zero-order valence-electron chi connectivity index (χ0n) is 14.3. The smallest absolute Gasteiger partial charge is 0.336 e. The molecule has 0 amide bonds. The molecule has 2 rings (SSSR count). The van der Waals surface area contributed by atoms with Crippen molar-refractivity contribution in [2.24, 2.45) is 5.41 Å². The number of fused-ring (bicyclic) bond motifs is 1. The van der Waals surface area contributed by atoms with Crippen LogP contribution in [0.1, 0.15) is 54.6 Å². The Bertz CT molecular complexity index is 693. The van der Waals surface area contributed by atoms with E-state index in [1.165, 1.54) is 0 Å². The molecular formula is C18H22BrNO4. The molecule has 1 N–H and O–H groups in total. The van der Waals surface area contributed by atoms with Crippen molar-refractivity contribution in [1.29, 1.82) is 0 Å². The molecule has 0 spiro atoms. The van der Waals surface area contributed by atoms with E-state index in [-0.39, 0.29) is 23.3 Å². The lowest BCUT2D eigenvalue weighted by molar-refractivity contribution is -0.110. The van der Waals surface area contributed by atoms with E-state index >= 15 is 0 Å². The molecule has 0 aromatic heterocycles. The highest BCUT2D eigenvalue weighted by atomic mass is 79.9. The van der Waals surface area contributed by atoms with Gasteiger partial charge in [-0.25, -0.2) is 4.79 Å². The maximum Gasteiger partial charge on any atom is 0.336 e. The first-order valence-electron chi connectivity index (χ1n) is 7.84. The number of aromatic carboxylic acids is 1. The summed E-state index contributed by atoms with van der Waals surface area (Å²) in [6.07, 6.45) is 1.85. The van der Waals surface area contributed by atoms with Crippen LogP contribution in [0.15, 0.2) is 10.5 Å². The van der Waals surface area contributed by atoms with E-state index in [0.29, 0.717) is 16.6 Å². The number of carboxylic acid groups (broad SMARTS) is 1. The van der Waals surface area contributed by atoms with Crippen LogP contribution in [0.4, 0.5) is 5.69 Å². The number of carbonyl (C=O) groups is 3. The number of benzene rings is 1. The molecule has 0 fully saturated rings. The van der Waals surface area contributed by atoms with Crippen LogP contribution < -0.4 is 4.90 Å². The van der Waals surface area contributed by atoms with Gasteiger partial charge < -0.3 is 19.6 Å². The van der Waals surface area contributed by atoms with Gasteiger partial charge in [-0.3, -0.25) is 0 Å². The molecule has 1 aliphatic rings. The SMILES string of the molecule is Cc1c(C(=O)O)cc(Br)c2c1C(CC=O)C(C=O)N2CC(C)(C)C. The Morgan fingerprint density at radius 3 is 2.46 bits per heavy atom. The Labute approximate surface area is 150 Å². The topological polar surface area (TPSA) is 74.7 Å². The summed E-state index contributed by atoms with van der Waals surface area (Å²) in [5.74, 6) is -1.34. The van der Waals surface area contributed by atoms with Crippen molar-refractivity contribution in [3.8, 4) is 0 Å². The minimum atomic E-state index is -1.02. The van der Waals surface area contributed by atoms with Gasteiger partial charge in [0.2, 0.25) is 0 Å². The van der Waals surface area contributed by atoms with E-state index < -0.39 is 12.0 Å². The van der Waals surface area contributed by atoms with Gasteiger partial charge in [0.05, 0.1) is 17.3 Å². The molecule has 0 radical (unpaired) electrons. The molecule has 0 bridgehead atoms. The summed E-state index contributed by atoms with van der Waals surface area (Å²) >= 11 is 3.47. The van der Waals surface area contributed by atoms with Crippen LogP contribution in [-0.2, 0) is 9.59 Å². The number of anilines is 1. The highest BCUT2D eigenvalue weighted by Crippen LogP contribution is 2.49. The summed E-state index contributed by atoms with van der Waals surface area (Å²) in [5, 5.41) is 9.44. The average Bonchev–Trinajstić information content (AvgIpc) is 2.75. The molecule has 0 aliphatic carbocycles. The van der Waals surface area contributed by atoms with Crippen molar-refractivity contribution in [2.45, 2.75) is 46.1 Å². The number of nitrogens with zero attached hydrogens (tertiary/aromatic N) is 1. The number of rotatable bonds is 5. The predicted octanol–water partition coefficient (Wildman–Crippen LogP) is 3.56. The number of carboxylic acids is 1. The van der Waals surface area contributed by atoms with E-state index in [4.69, 9.17) is 0 Å². The lowest BCUT2D eigenvalue weighted by atomic mass is 9.88. The van der Waals surface area contributed by atoms with Gasteiger partial charge in [-0.2, -0.15) is 0 Å². The molecular weight excluding hydrogens is 374 g/mol. The highest BCUT2D eigenvalue weighted by molar-refractivity contribution is 9.10. The van der Waals surface area contributed by atoms with Gasteiger partial charge in [-0.1, -0.05) is 20.8 Å². The van der Waals surface area contributed by atoms with Crippen LogP contribution in [0.25, 0.3) is 0 Å². The average molecular weight is 396 g/mol. The van der Waals surface area contributed by atoms with Crippen molar-refractivity contribution >= 4 is 40.2 Å². The van der Waals surface area contributed by atoms with Gasteiger partial charge in [0, 0.05) is 23.4 Å². The summed E-state index contributed by atoms with van der Waals surface area (Å²) in [6, 6.07) is 1.11. The zero-order chi connectivity index (χ0) is 18.2. The Morgan fingerprint density at radius 2 is 2.00 bits per heavy atom. The van der Waals surface area contributed by atoms with Crippen LogP contribution in [-0.4, -0.2) is 36.2 Å². The van der Waals surface area contributed by atoms with E-state index in [0.717, 1.165) is 23.8 Å². The van der Waals surface area contributed by atoms with E-state index in [1.807, 2.05) is 4.90 Å². The fourth-order valence-corrected chi connectivity index (χ4v) is 4.15. The molecule has 2 unspecified atom stereocenters. The third-order valence-corrected chi connectivity index (χ3v) is 4.96. The maximum absolute atomic E-state index is 11.8.